The number of halogens is 2. The molecule has 1 saturated carbocycles. The van der Waals surface area contributed by atoms with E-state index in [4.69, 9.17) is 0 Å². The summed E-state index contributed by atoms with van der Waals surface area (Å²) in [6, 6.07) is 5.62. The normalized spacial score (nSPS) is 18.2. The van der Waals surface area contributed by atoms with Crippen LogP contribution in [0.3, 0.4) is 0 Å². The summed E-state index contributed by atoms with van der Waals surface area (Å²) in [5, 5.41) is 3.53. The van der Waals surface area contributed by atoms with Gasteiger partial charge in [0.15, 0.2) is 0 Å². The summed E-state index contributed by atoms with van der Waals surface area (Å²) in [7, 11) is 0. The molecule has 1 unspecified atom stereocenters. The van der Waals surface area contributed by atoms with E-state index < -0.39 is 0 Å². The van der Waals surface area contributed by atoms with E-state index in [0.29, 0.717) is 5.92 Å². The topological polar surface area (TPSA) is 12.0 Å². The summed E-state index contributed by atoms with van der Waals surface area (Å²) in [5.74, 6) is 0.497. The molecule has 2 rings (SSSR count). The van der Waals surface area contributed by atoms with Crippen LogP contribution in [0.4, 0.5) is 4.39 Å². The lowest BCUT2D eigenvalue weighted by Gasteiger charge is -2.25. The zero-order chi connectivity index (χ0) is 13.0. The zero-order valence-corrected chi connectivity index (χ0v) is 12.5. The van der Waals surface area contributed by atoms with Crippen molar-refractivity contribution in [2.75, 3.05) is 6.54 Å². The Morgan fingerprint density at radius 2 is 2.11 bits per heavy atom. The van der Waals surface area contributed by atoms with E-state index in [1.807, 2.05) is 12.1 Å². The highest BCUT2D eigenvalue weighted by Gasteiger charge is 2.27. The van der Waals surface area contributed by atoms with E-state index in [0.717, 1.165) is 23.0 Å². The molecule has 1 aromatic rings. The molecule has 1 atom stereocenters. The molecule has 100 valence electrons. The molecular weight excluding hydrogens is 293 g/mol. The fourth-order valence-corrected chi connectivity index (χ4v) is 3.21. The Hall–Kier alpha value is -0.410. The van der Waals surface area contributed by atoms with E-state index in [9.17, 15) is 4.39 Å². The van der Waals surface area contributed by atoms with Crippen LogP contribution in [0.15, 0.2) is 22.7 Å². The summed E-state index contributed by atoms with van der Waals surface area (Å²) in [6.45, 7) is 3.10. The molecule has 1 N–H and O–H groups in total. The van der Waals surface area contributed by atoms with Crippen LogP contribution in [0.5, 0.6) is 0 Å². The number of hydrogen-bond acceptors (Lipinski definition) is 1. The van der Waals surface area contributed by atoms with E-state index in [-0.39, 0.29) is 11.9 Å². The van der Waals surface area contributed by atoms with Gasteiger partial charge in [0, 0.05) is 16.1 Å². The van der Waals surface area contributed by atoms with E-state index in [2.05, 4.69) is 28.2 Å². The fraction of sp³-hybridized carbons (Fsp3) is 0.600. The maximum atomic E-state index is 14.1. The second-order valence-electron chi connectivity index (χ2n) is 5.14. The lowest BCUT2D eigenvalue weighted by Crippen LogP contribution is -2.28. The molecule has 0 heterocycles. The Balaban J connectivity index is 2.20. The van der Waals surface area contributed by atoms with E-state index in [1.54, 1.807) is 6.07 Å². The van der Waals surface area contributed by atoms with Crippen molar-refractivity contribution in [1.29, 1.82) is 0 Å². The minimum absolute atomic E-state index is 0.0927. The van der Waals surface area contributed by atoms with Gasteiger partial charge in [-0.05, 0) is 43.9 Å². The average Bonchev–Trinajstić information content (AvgIpc) is 2.85. The van der Waals surface area contributed by atoms with Gasteiger partial charge in [-0.2, -0.15) is 0 Å². The van der Waals surface area contributed by atoms with Gasteiger partial charge < -0.3 is 5.32 Å². The summed E-state index contributed by atoms with van der Waals surface area (Å²) in [5.41, 5.74) is 0.832. The van der Waals surface area contributed by atoms with Crippen LogP contribution >= 0.6 is 15.9 Å². The largest absolute Gasteiger partial charge is 0.310 e. The summed E-state index contributed by atoms with van der Waals surface area (Å²) >= 11 is 3.32. The molecule has 0 saturated heterocycles. The maximum Gasteiger partial charge on any atom is 0.129 e. The van der Waals surface area contributed by atoms with Gasteiger partial charge in [-0.1, -0.05) is 41.8 Å². The number of nitrogens with one attached hydrogen (secondary N) is 1. The van der Waals surface area contributed by atoms with Crippen molar-refractivity contribution in [2.24, 2.45) is 5.92 Å². The van der Waals surface area contributed by atoms with Crippen molar-refractivity contribution >= 4 is 15.9 Å². The van der Waals surface area contributed by atoms with Gasteiger partial charge in [0.2, 0.25) is 0 Å². The van der Waals surface area contributed by atoms with Gasteiger partial charge in [-0.15, -0.1) is 0 Å². The first-order valence-corrected chi connectivity index (χ1v) is 7.70. The summed E-state index contributed by atoms with van der Waals surface area (Å²) in [4.78, 5) is 0. The van der Waals surface area contributed by atoms with Crippen molar-refractivity contribution in [3.05, 3.63) is 34.1 Å². The highest BCUT2D eigenvalue weighted by atomic mass is 79.9. The first-order chi connectivity index (χ1) is 8.72. The number of benzene rings is 1. The van der Waals surface area contributed by atoms with Gasteiger partial charge in [0.1, 0.15) is 5.82 Å². The fourth-order valence-electron chi connectivity index (χ4n) is 2.87. The Kier molecular flexibility index (Phi) is 5.19. The third-order valence-electron chi connectivity index (χ3n) is 3.78. The van der Waals surface area contributed by atoms with Crippen molar-refractivity contribution in [3.8, 4) is 0 Å². The molecule has 18 heavy (non-hydrogen) atoms. The predicted molar refractivity (Wildman–Crippen MR) is 77.1 cm³/mol. The Bertz CT molecular complexity index is 388. The molecule has 1 nitrogen and oxygen atoms in total. The molecule has 0 radical (unpaired) electrons. The molecular formula is C15H21BrFN. The number of rotatable bonds is 5. The Morgan fingerprint density at radius 3 is 2.72 bits per heavy atom. The van der Waals surface area contributed by atoms with Gasteiger partial charge in [-0.3, -0.25) is 0 Å². The quantitative estimate of drug-likeness (QED) is 0.821. The Morgan fingerprint density at radius 1 is 1.39 bits per heavy atom. The zero-order valence-electron chi connectivity index (χ0n) is 10.9. The minimum Gasteiger partial charge on any atom is -0.310 e. The van der Waals surface area contributed by atoms with Crippen molar-refractivity contribution in [1.82, 2.24) is 5.32 Å². The average molecular weight is 314 g/mol. The highest BCUT2D eigenvalue weighted by Crippen LogP contribution is 2.37. The van der Waals surface area contributed by atoms with Crippen molar-refractivity contribution < 1.29 is 4.39 Å². The molecule has 1 aromatic carbocycles. The number of hydrogen-bond donors (Lipinski definition) is 1. The van der Waals surface area contributed by atoms with Crippen LogP contribution in [0.2, 0.25) is 0 Å². The lowest BCUT2D eigenvalue weighted by atomic mass is 9.91. The van der Waals surface area contributed by atoms with Gasteiger partial charge in [0.25, 0.3) is 0 Å². The summed E-state index contributed by atoms with van der Waals surface area (Å²) < 4.78 is 14.9. The second-order valence-corrected chi connectivity index (χ2v) is 6.06. The van der Waals surface area contributed by atoms with Crippen LogP contribution in [0.1, 0.15) is 50.6 Å². The third-order valence-corrected chi connectivity index (χ3v) is 4.28. The standard InChI is InChI=1S/C15H21BrFN/c1-2-9-18-15(11-5-3-4-6-11)13-8-7-12(16)10-14(13)17/h7-8,10-11,15,18H,2-6,9H2,1H3. The molecule has 1 aliphatic rings. The van der Waals surface area contributed by atoms with E-state index in [1.165, 1.54) is 25.7 Å². The third kappa shape index (κ3) is 3.33. The molecule has 0 aromatic heterocycles. The minimum atomic E-state index is -0.0927. The van der Waals surface area contributed by atoms with Gasteiger partial charge in [-0.25, -0.2) is 4.39 Å². The smallest absolute Gasteiger partial charge is 0.129 e. The van der Waals surface area contributed by atoms with Gasteiger partial charge >= 0.3 is 0 Å². The molecule has 0 spiro atoms. The van der Waals surface area contributed by atoms with E-state index >= 15 is 0 Å². The maximum absolute atomic E-state index is 14.1. The molecule has 1 aliphatic carbocycles. The molecule has 0 bridgehead atoms. The summed E-state index contributed by atoms with van der Waals surface area (Å²) in [6.07, 6.45) is 6.09. The van der Waals surface area contributed by atoms with Crippen LogP contribution in [-0.2, 0) is 0 Å². The SMILES string of the molecule is CCCNC(c1ccc(Br)cc1F)C1CCCC1. The van der Waals surface area contributed by atoms with Crippen LogP contribution in [0.25, 0.3) is 0 Å². The molecule has 0 amide bonds. The first-order valence-electron chi connectivity index (χ1n) is 6.90. The Labute approximate surface area is 117 Å². The van der Waals surface area contributed by atoms with Crippen LogP contribution in [0, 0.1) is 11.7 Å². The second kappa shape index (κ2) is 6.67. The van der Waals surface area contributed by atoms with Gasteiger partial charge in [0.05, 0.1) is 0 Å². The van der Waals surface area contributed by atoms with Crippen molar-refractivity contribution in [3.63, 3.8) is 0 Å². The highest BCUT2D eigenvalue weighted by molar-refractivity contribution is 9.10. The van der Waals surface area contributed by atoms with Crippen LogP contribution in [-0.4, -0.2) is 6.54 Å². The molecule has 0 aliphatic heterocycles. The predicted octanol–water partition coefficient (Wildman–Crippen LogP) is 4.82. The molecule has 1 fully saturated rings. The van der Waals surface area contributed by atoms with Crippen molar-refractivity contribution in [2.45, 2.75) is 45.1 Å². The lowest BCUT2D eigenvalue weighted by molar-refractivity contribution is 0.357. The first kappa shape index (κ1) is 14.0. The van der Waals surface area contributed by atoms with Crippen LogP contribution < -0.4 is 5.32 Å². The molecule has 3 heteroatoms. The monoisotopic (exact) mass is 313 g/mol.